The minimum absolute atomic E-state index is 0.0625. The van der Waals surface area contributed by atoms with Crippen molar-refractivity contribution in [2.45, 2.75) is 50.5 Å². The lowest BCUT2D eigenvalue weighted by atomic mass is 9.87. The number of sulfonamides is 1. The van der Waals surface area contributed by atoms with Gasteiger partial charge in [0, 0.05) is 11.6 Å². The third kappa shape index (κ3) is 6.33. The molecule has 0 fully saturated rings. The molecule has 0 radical (unpaired) electrons. The minimum Gasteiger partial charge on any atom is -0.354 e. The van der Waals surface area contributed by atoms with Crippen molar-refractivity contribution in [3.05, 3.63) is 64.7 Å². The molecule has 7 heteroatoms. The van der Waals surface area contributed by atoms with Gasteiger partial charge in [0.25, 0.3) is 0 Å². The fourth-order valence-electron chi connectivity index (χ4n) is 2.62. The van der Waals surface area contributed by atoms with Crippen LogP contribution in [-0.4, -0.2) is 26.9 Å². The monoisotopic (exact) mass is 422 g/mol. The first-order valence-electron chi connectivity index (χ1n) is 9.14. The molecule has 2 aromatic rings. The zero-order valence-corrected chi connectivity index (χ0v) is 18.2. The Kier molecular flexibility index (Phi) is 7.26. The second kappa shape index (κ2) is 9.07. The number of carbonyl (C=O) groups excluding carboxylic acids is 1. The van der Waals surface area contributed by atoms with Crippen molar-refractivity contribution >= 4 is 27.5 Å². The molecule has 5 nitrogen and oxygen atoms in total. The summed E-state index contributed by atoms with van der Waals surface area (Å²) in [6.45, 7) is 8.12. The number of benzene rings is 2. The molecule has 2 rings (SSSR count). The molecule has 0 unspecified atom stereocenters. The highest BCUT2D eigenvalue weighted by molar-refractivity contribution is 7.89. The summed E-state index contributed by atoms with van der Waals surface area (Å²) >= 11 is 5.85. The van der Waals surface area contributed by atoms with Gasteiger partial charge in [-0.15, -0.1) is 0 Å². The number of hydrogen-bond acceptors (Lipinski definition) is 3. The van der Waals surface area contributed by atoms with Crippen molar-refractivity contribution in [2.75, 3.05) is 6.54 Å². The number of hydrogen-bond donors (Lipinski definition) is 2. The molecular formula is C21H27ClN2O3S. The highest BCUT2D eigenvalue weighted by Crippen LogP contribution is 2.23. The second-order valence-corrected chi connectivity index (χ2v) is 9.94. The van der Waals surface area contributed by atoms with Crippen molar-refractivity contribution in [1.29, 1.82) is 0 Å². The molecule has 1 amide bonds. The van der Waals surface area contributed by atoms with E-state index in [9.17, 15) is 13.2 Å². The summed E-state index contributed by atoms with van der Waals surface area (Å²) in [6, 6.07) is 13.2. The zero-order valence-electron chi connectivity index (χ0n) is 16.6. The third-order valence-corrected chi connectivity index (χ3v) is 6.19. The lowest BCUT2D eigenvalue weighted by molar-refractivity contribution is -0.122. The van der Waals surface area contributed by atoms with Crippen molar-refractivity contribution in [2.24, 2.45) is 0 Å². The molecule has 0 saturated heterocycles. The van der Waals surface area contributed by atoms with Crippen molar-refractivity contribution in [1.82, 2.24) is 10.0 Å². The van der Waals surface area contributed by atoms with Gasteiger partial charge in [0.1, 0.15) is 0 Å². The maximum atomic E-state index is 12.5. The Balaban J connectivity index is 1.91. The number of amides is 1. The standard InChI is InChI=1S/C21H27ClN2O3S/c1-15(20(25)23-14-13-16-5-9-18(22)10-6-16)24-28(26,27)19-11-7-17(8-12-19)21(2,3)4/h5-12,15,24H,13-14H2,1-4H3,(H,23,25)/t15-/m0/s1. The van der Waals surface area contributed by atoms with E-state index in [0.29, 0.717) is 18.0 Å². The van der Waals surface area contributed by atoms with Crippen LogP contribution in [0.25, 0.3) is 0 Å². The molecule has 2 aromatic carbocycles. The first-order valence-corrected chi connectivity index (χ1v) is 11.0. The zero-order chi connectivity index (χ0) is 20.9. The number of halogens is 1. The molecule has 0 heterocycles. The van der Waals surface area contributed by atoms with Crippen LogP contribution < -0.4 is 10.0 Å². The summed E-state index contributed by atoms with van der Waals surface area (Å²) in [5, 5.41) is 3.41. The van der Waals surface area contributed by atoms with Gasteiger partial charge >= 0.3 is 0 Å². The van der Waals surface area contributed by atoms with E-state index in [1.165, 1.54) is 6.92 Å². The van der Waals surface area contributed by atoms with Gasteiger partial charge in [0.05, 0.1) is 10.9 Å². The quantitative estimate of drug-likeness (QED) is 0.714. The van der Waals surface area contributed by atoms with E-state index >= 15 is 0 Å². The van der Waals surface area contributed by atoms with Gasteiger partial charge in [0.15, 0.2) is 0 Å². The van der Waals surface area contributed by atoms with Gasteiger partial charge in [-0.05, 0) is 54.2 Å². The average molecular weight is 423 g/mol. The Morgan fingerprint density at radius 2 is 1.61 bits per heavy atom. The Morgan fingerprint density at radius 3 is 2.14 bits per heavy atom. The van der Waals surface area contributed by atoms with E-state index in [1.54, 1.807) is 36.4 Å². The minimum atomic E-state index is -3.77. The Morgan fingerprint density at radius 1 is 1.04 bits per heavy atom. The second-order valence-electron chi connectivity index (χ2n) is 7.78. The molecule has 0 spiro atoms. The van der Waals surface area contributed by atoms with Gasteiger partial charge < -0.3 is 5.32 Å². The van der Waals surface area contributed by atoms with Crippen LogP contribution in [0.15, 0.2) is 53.4 Å². The van der Waals surface area contributed by atoms with E-state index in [4.69, 9.17) is 11.6 Å². The van der Waals surface area contributed by atoms with Crippen LogP contribution in [0.4, 0.5) is 0 Å². The summed E-state index contributed by atoms with van der Waals surface area (Å²) in [4.78, 5) is 12.4. The van der Waals surface area contributed by atoms with Gasteiger partial charge in [-0.25, -0.2) is 8.42 Å². The summed E-state index contributed by atoms with van der Waals surface area (Å²) < 4.78 is 27.5. The van der Waals surface area contributed by atoms with E-state index in [-0.39, 0.29) is 16.2 Å². The van der Waals surface area contributed by atoms with Crippen molar-refractivity contribution in [3.63, 3.8) is 0 Å². The molecule has 2 N–H and O–H groups in total. The lowest BCUT2D eigenvalue weighted by Crippen LogP contribution is -2.45. The van der Waals surface area contributed by atoms with E-state index < -0.39 is 16.1 Å². The Bertz CT molecular complexity index is 902. The van der Waals surface area contributed by atoms with E-state index in [0.717, 1.165) is 11.1 Å². The third-order valence-electron chi connectivity index (χ3n) is 4.38. The predicted molar refractivity (Wildman–Crippen MR) is 113 cm³/mol. The van der Waals surface area contributed by atoms with Crippen molar-refractivity contribution < 1.29 is 13.2 Å². The highest BCUT2D eigenvalue weighted by Gasteiger charge is 2.22. The number of carbonyl (C=O) groups is 1. The molecule has 0 aliphatic carbocycles. The highest BCUT2D eigenvalue weighted by atomic mass is 35.5. The topological polar surface area (TPSA) is 75.3 Å². The summed E-state index contributed by atoms with van der Waals surface area (Å²) in [7, 11) is -3.77. The molecule has 0 aliphatic heterocycles. The molecule has 0 aliphatic rings. The maximum absolute atomic E-state index is 12.5. The maximum Gasteiger partial charge on any atom is 0.241 e. The molecule has 0 aromatic heterocycles. The Labute approximate surface area is 172 Å². The SMILES string of the molecule is C[C@H](NS(=O)(=O)c1ccc(C(C)(C)C)cc1)C(=O)NCCc1ccc(Cl)cc1. The summed E-state index contributed by atoms with van der Waals surface area (Å²) in [5.41, 5.74) is 2.02. The molecule has 1 atom stereocenters. The molecule has 28 heavy (non-hydrogen) atoms. The smallest absolute Gasteiger partial charge is 0.241 e. The Hall–Kier alpha value is -1.89. The summed E-state index contributed by atoms with van der Waals surface area (Å²) in [6.07, 6.45) is 0.636. The lowest BCUT2D eigenvalue weighted by Gasteiger charge is -2.19. The van der Waals surface area contributed by atoms with Crippen LogP contribution in [0.5, 0.6) is 0 Å². The van der Waals surface area contributed by atoms with Crippen LogP contribution in [0, 0.1) is 0 Å². The molecule has 0 saturated carbocycles. The van der Waals surface area contributed by atoms with E-state index in [2.05, 4.69) is 30.8 Å². The van der Waals surface area contributed by atoms with Gasteiger partial charge in [-0.1, -0.05) is 56.6 Å². The fraction of sp³-hybridized carbons (Fsp3) is 0.381. The van der Waals surface area contributed by atoms with Crippen LogP contribution in [0.3, 0.4) is 0 Å². The van der Waals surface area contributed by atoms with Crippen molar-refractivity contribution in [3.8, 4) is 0 Å². The van der Waals surface area contributed by atoms with Gasteiger partial charge in [-0.3, -0.25) is 4.79 Å². The first-order chi connectivity index (χ1) is 13.0. The number of nitrogens with one attached hydrogen (secondary N) is 2. The van der Waals surface area contributed by atoms with Crippen LogP contribution in [-0.2, 0) is 26.7 Å². The normalized spacial score (nSPS) is 13.2. The van der Waals surface area contributed by atoms with Gasteiger partial charge in [-0.2, -0.15) is 4.72 Å². The van der Waals surface area contributed by atoms with E-state index in [1.807, 2.05) is 12.1 Å². The first kappa shape index (κ1) is 22.4. The molecule has 152 valence electrons. The summed E-state index contributed by atoms with van der Waals surface area (Å²) in [5.74, 6) is -0.371. The predicted octanol–water partition coefficient (Wildman–Crippen LogP) is 3.66. The molecular weight excluding hydrogens is 396 g/mol. The van der Waals surface area contributed by atoms with Crippen LogP contribution >= 0.6 is 11.6 Å². The average Bonchev–Trinajstić information content (AvgIpc) is 2.62. The fourth-order valence-corrected chi connectivity index (χ4v) is 3.95. The largest absolute Gasteiger partial charge is 0.354 e. The number of rotatable bonds is 7. The van der Waals surface area contributed by atoms with Crippen LogP contribution in [0.2, 0.25) is 5.02 Å². The molecule has 0 bridgehead atoms. The van der Waals surface area contributed by atoms with Crippen LogP contribution in [0.1, 0.15) is 38.8 Å². The van der Waals surface area contributed by atoms with Gasteiger partial charge in [0.2, 0.25) is 15.9 Å².